The van der Waals surface area contributed by atoms with Gasteiger partial charge in [-0.2, -0.15) is 4.98 Å². The molecule has 672 valence electrons. The highest BCUT2D eigenvalue weighted by atomic mass is 35.5. The molecule has 2 fully saturated rings. The number of primary amides is 1. The van der Waals surface area contributed by atoms with Crippen molar-refractivity contribution in [2.24, 2.45) is 11.7 Å². The van der Waals surface area contributed by atoms with Crippen molar-refractivity contribution >= 4 is 88.3 Å². The van der Waals surface area contributed by atoms with Gasteiger partial charge in [-0.25, -0.2) is 9.59 Å². The number of phenols is 3. The molecule has 7 aliphatic heterocycles. The second-order valence-corrected chi connectivity index (χ2v) is 31.6. The average molecular weight is 1800 g/mol. The first-order valence-electron chi connectivity index (χ1n) is 38.9. The lowest BCUT2D eigenvalue weighted by Crippen LogP contribution is -2.65. The van der Waals surface area contributed by atoms with Crippen LogP contribution in [0.3, 0.4) is 0 Å². The molecule has 4 unspecified atom stereocenters. The number of nitrogens with one attached hydrogen (secondary N) is 9. The van der Waals surface area contributed by atoms with Gasteiger partial charge in [-0.05, 0) is 140 Å². The largest absolute Gasteiger partial charge is 0.573 e. The molecule has 11 bridgehead atoms. The molecule has 18 atom stereocenters. The van der Waals surface area contributed by atoms with Crippen LogP contribution in [0, 0.1) is 5.92 Å². The minimum absolute atomic E-state index is 0.109. The molecule has 21 N–H and O–H groups in total. The molecule has 2 saturated heterocycles. The molecule has 0 saturated carbocycles. The molecular formula is C82H87Cl2F3N12O27. The van der Waals surface area contributed by atoms with Crippen LogP contribution in [0.1, 0.15) is 111 Å². The number of benzene rings is 6. The van der Waals surface area contributed by atoms with Gasteiger partial charge < -0.3 is 138 Å². The summed E-state index contributed by atoms with van der Waals surface area (Å²) in [5.74, 6) is -18.3. The van der Waals surface area contributed by atoms with Crippen LogP contribution in [0.15, 0.2) is 126 Å². The Kier molecular flexibility index (Phi) is 28.5. The van der Waals surface area contributed by atoms with Gasteiger partial charge in [-0.15, -0.1) is 13.2 Å². The first-order valence-corrected chi connectivity index (χ1v) is 39.7. The first-order chi connectivity index (χ1) is 59.6. The smallest absolute Gasteiger partial charge is 0.508 e. The Morgan fingerprint density at radius 2 is 1.40 bits per heavy atom. The van der Waals surface area contributed by atoms with Crippen LogP contribution in [0.5, 0.6) is 51.7 Å². The number of anilines is 1. The monoisotopic (exact) mass is 1800 g/mol. The number of carbonyl (C=O) groups is 9. The van der Waals surface area contributed by atoms with Gasteiger partial charge in [0, 0.05) is 60.1 Å². The van der Waals surface area contributed by atoms with E-state index in [-0.39, 0.29) is 54.4 Å². The number of halogens is 5. The predicted octanol–water partition coefficient (Wildman–Crippen LogP) is 2.54. The number of fused-ring (bicyclic) bond motifs is 15. The fourth-order valence-electron chi connectivity index (χ4n) is 14.9. The Labute approximate surface area is 722 Å². The van der Waals surface area contributed by atoms with E-state index >= 15 is 14.4 Å². The van der Waals surface area contributed by atoms with Gasteiger partial charge in [0.2, 0.25) is 59.3 Å². The van der Waals surface area contributed by atoms with Crippen LogP contribution < -0.4 is 78.2 Å². The number of nitrogens with zero attached hydrogens (tertiary/aromatic N) is 2. The number of aromatic hydroxyl groups is 3. The number of ether oxygens (including phenoxy) is 7. The molecule has 44 heteroatoms. The van der Waals surface area contributed by atoms with Crippen molar-refractivity contribution < 1.29 is 141 Å². The number of amides is 8. The fraction of sp³-hybridized carbons (Fsp3) is 0.378. The number of likely N-dealkylation sites (N-methyl/N-ethyl adjacent to an activating group) is 1. The molecule has 8 heterocycles. The maximum atomic E-state index is 16.2. The van der Waals surface area contributed by atoms with Crippen LogP contribution in [-0.4, -0.2) is 219 Å². The maximum Gasteiger partial charge on any atom is 0.573 e. The second kappa shape index (κ2) is 38.7. The summed E-state index contributed by atoms with van der Waals surface area (Å²) in [6.45, 7) is 5.30. The highest BCUT2D eigenvalue weighted by Crippen LogP contribution is 2.50. The number of carbonyl (C=O) groups excluding carboxylic acids is 8. The molecule has 0 radical (unpaired) electrons. The highest BCUT2D eigenvalue weighted by molar-refractivity contribution is 6.32. The van der Waals surface area contributed by atoms with Crippen LogP contribution in [-0.2, 0) is 63.9 Å². The van der Waals surface area contributed by atoms with E-state index in [0.717, 1.165) is 95.6 Å². The number of phenolic OH excluding ortho intramolecular Hbond substituents is 3. The van der Waals surface area contributed by atoms with Crippen LogP contribution >= 0.6 is 23.2 Å². The number of aliphatic carboxylic acids is 1. The Balaban J connectivity index is 0.969. The first kappa shape index (κ1) is 92.9. The summed E-state index contributed by atoms with van der Waals surface area (Å²) in [6, 6.07) is 4.60. The van der Waals surface area contributed by atoms with E-state index in [4.69, 9.17) is 57.4 Å². The molecule has 0 aliphatic carbocycles. The summed E-state index contributed by atoms with van der Waals surface area (Å²) >= 11 is 14.3. The van der Waals surface area contributed by atoms with Gasteiger partial charge in [0.15, 0.2) is 29.9 Å². The lowest BCUT2D eigenvalue weighted by molar-refractivity contribution is -0.334. The van der Waals surface area contributed by atoms with Crippen molar-refractivity contribution in [3.63, 3.8) is 0 Å². The molecule has 1 aromatic heterocycles. The number of aromatic nitrogens is 2. The third kappa shape index (κ3) is 21.3. The van der Waals surface area contributed by atoms with Gasteiger partial charge >= 0.3 is 18.0 Å². The zero-order valence-electron chi connectivity index (χ0n) is 67.0. The minimum atomic E-state index is -4.97. The highest BCUT2D eigenvalue weighted by Gasteiger charge is 2.52. The van der Waals surface area contributed by atoms with Gasteiger partial charge in [0.25, 0.3) is 0 Å². The van der Waals surface area contributed by atoms with Crippen LogP contribution in [0.4, 0.5) is 19.0 Å². The van der Waals surface area contributed by atoms with Gasteiger partial charge in [-0.3, -0.25) is 42.9 Å². The molecule has 0 spiro atoms. The average Bonchev–Trinajstić information content (AvgIpc) is 0.764. The number of aliphatic hydroxyl groups excluding tert-OH is 6. The summed E-state index contributed by atoms with van der Waals surface area (Å²) in [7, 11) is 1.45. The lowest BCUT2D eigenvalue weighted by Gasteiger charge is -2.48. The predicted molar refractivity (Wildman–Crippen MR) is 432 cm³/mol. The van der Waals surface area contributed by atoms with E-state index < -0.39 is 277 Å². The van der Waals surface area contributed by atoms with E-state index in [2.05, 4.69) is 57.6 Å². The zero-order chi connectivity index (χ0) is 91.4. The number of rotatable bonds is 21. The quantitative estimate of drug-likeness (QED) is 0.0460. The van der Waals surface area contributed by atoms with Crippen molar-refractivity contribution in [1.82, 2.24) is 52.1 Å². The van der Waals surface area contributed by atoms with Crippen molar-refractivity contribution in [2.75, 3.05) is 25.5 Å². The molecule has 8 amide bonds. The second-order valence-electron chi connectivity index (χ2n) is 30.8. The maximum absolute atomic E-state index is 16.2. The normalized spacial score (nSPS) is 26.0. The summed E-state index contributed by atoms with van der Waals surface area (Å²) in [4.78, 5) is 148. The van der Waals surface area contributed by atoms with Crippen LogP contribution in [0.2, 0.25) is 10.0 Å². The molecule has 7 aliphatic rings. The van der Waals surface area contributed by atoms with E-state index in [0.29, 0.717) is 0 Å². The Morgan fingerprint density at radius 3 is 2.02 bits per heavy atom. The lowest BCUT2D eigenvalue weighted by atomic mass is 9.85. The van der Waals surface area contributed by atoms with Crippen molar-refractivity contribution in [3.05, 3.63) is 175 Å². The number of hydrogen-bond donors (Lipinski definition) is 20. The van der Waals surface area contributed by atoms with E-state index in [9.17, 15) is 97.8 Å². The van der Waals surface area contributed by atoms with E-state index in [1.54, 1.807) is 20.8 Å². The topological polar surface area (TPSA) is 590 Å². The summed E-state index contributed by atoms with van der Waals surface area (Å²) in [6.07, 6.45) is -21.5. The number of nitrogens with two attached hydrogens (primary N) is 1. The Bertz CT molecular complexity index is 5460. The summed E-state index contributed by atoms with van der Waals surface area (Å²) < 4.78 is 82.8. The standard InChI is InChI=1S/C82H87Cl2F3N12O27/c1-33(2)21-46(89-5)72(111)97-63-65(106)37-11-14-50(44(83)24-37)121-52-26-39-27-53(69(52)125-79-70(68(109)67(108)54(32-100)123-79)124-58-31-81(4,71(110)34(3)120-58)90-18-20-99-19-17-56(93-80(99)119)92-57(105)16-9-35-7-6-8-41(22-35)126-82(85,86)87)122-51-15-12-38(25-45(51)84)66(107)64-77(116)96-62(78(117)118)43-28-40(101)29-49(103)59(43)42-23-36(10-13-48(42)102)60(74(113)98-64)95-75(114)61(39)94-73(112)47(30-55(88)104)91-76(63)115/h6-17,19,22-29,33-34,46-47,54,58,60-68,70-71,79,89-90,100-103,106-110H,18,20-21,30-32H2,1-5H3,(H2,88,104)(H,91,115)(H,94,112)(H,95,114)(H,96,116)(H,97,111)(H,98,113)(H,117,118)(H,92,93,105,119)/b16-9+/t34?,46-,47-,54-,58-,60-,61?,62+,63+,64+,65+,66+,67+,68+,70+,71-,79?,81?/m0/s1. The number of aliphatic hydroxyl groups is 6. The van der Waals surface area contributed by atoms with Crippen LogP contribution in [0.25, 0.3) is 17.2 Å². The molecule has 7 aromatic rings. The van der Waals surface area contributed by atoms with Gasteiger partial charge in [0.1, 0.15) is 101 Å². The number of carboxylic acids is 1. The fourth-order valence-corrected chi connectivity index (χ4v) is 15.4. The third-order valence-electron chi connectivity index (χ3n) is 21.3. The molecular weight excluding hydrogens is 1710 g/mol. The SMILES string of the molecule is CN[C@@H](CC(C)C)C(=O)N[C@H]1C(=O)N[C@@H](CC(N)=O)C(=O)NC2C(=O)N[C@@H]3C(=O)N[C@@H](C(=O)N[C@@H](C(=O)O)c4cc(O)cc(O)c4-c4cc3ccc4O)[C@H](O)c3ccc(c(Cl)c3)Oc3cc2cc(c3OC2O[C@@H](CO)[C@@H](O)[C@@H](O)[C@H]2O[C@H]2CC(C)(NCCn3ccc(NC(=O)/C=C/c4cccc(OC(F)(F)F)c4)nc3=O)[C@@H](O)C(C)O2)Oc2ccc(cc2Cl)[C@H]1O. The van der Waals surface area contributed by atoms with E-state index in [1.807, 2.05) is 0 Å². The summed E-state index contributed by atoms with van der Waals surface area (Å²) in [5, 5.41) is 138. The van der Waals surface area contributed by atoms with Crippen molar-refractivity contribution in [3.8, 4) is 62.9 Å². The summed E-state index contributed by atoms with van der Waals surface area (Å²) in [5.41, 5.74) is 0.483. The van der Waals surface area contributed by atoms with E-state index in [1.165, 1.54) is 50.5 Å². The van der Waals surface area contributed by atoms with Gasteiger partial charge in [-0.1, -0.05) is 67.4 Å². The Morgan fingerprint density at radius 1 is 0.746 bits per heavy atom. The molecule has 6 aromatic carbocycles. The number of alkyl halides is 3. The third-order valence-corrected chi connectivity index (χ3v) is 21.9. The number of carboxylic acid groups (broad SMARTS) is 1. The zero-order valence-corrected chi connectivity index (χ0v) is 68.5. The Hall–Kier alpha value is -12.3. The van der Waals surface area contributed by atoms with Gasteiger partial charge in [0.05, 0.1) is 41.3 Å². The van der Waals surface area contributed by atoms with Crippen molar-refractivity contribution in [1.29, 1.82) is 0 Å². The van der Waals surface area contributed by atoms with Crippen molar-refractivity contribution in [2.45, 2.75) is 169 Å². The number of hydrogen-bond acceptors (Lipinski definition) is 29. The molecule has 39 nitrogen and oxygen atoms in total. The molecule has 14 rings (SSSR count). The molecule has 126 heavy (non-hydrogen) atoms. The minimum Gasteiger partial charge on any atom is -0.508 e.